The molecule has 2 aromatic rings. The molecule has 0 amide bonds. The molecular weight excluding hydrogens is 332 g/mol. The molecule has 1 aliphatic carbocycles. The molecule has 9 heteroatoms. The summed E-state index contributed by atoms with van der Waals surface area (Å²) >= 11 is 0. The monoisotopic (exact) mass is 354 g/mol. The first kappa shape index (κ1) is 16.8. The minimum Gasteiger partial charge on any atom is -0.479 e. The van der Waals surface area contributed by atoms with E-state index in [-0.39, 0.29) is 17.4 Å². The van der Waals surface area contributed by atoms with E-state index in [0.717, 1.165) is 18.5 Å². The van der Waals surface area contributed by atoms with Gasteiger partial charge in [-0.1, -0.05) is 19.3 Å². The Morgan fingerprint density at radius 1 is 1.33 bits per heavy atom. The quantitative estimate of drug-likeness (QED) is 0.856. The van der Waals surface area contributed by atoms with E-state index < -0.39 is 10.0 Å². The van der Waals surface area contributed by atoms with Gasteiger partial charge in [-0.2, -0.15) is 5.10 Å². The molecule has 132 valence electrons. The number of hydrogen-bond donors (Lipinski definition) is 1. The highest BCUT2D eigenvalue weighted by Gasteiger charge is 2.21. The van der Waals surface area contributed by atoms with Gasteiger partial charge in [0.2, 0.25) is 10.0 Å². The third-order valence-electron chi connectivity index (χ3n) is 4.18. The van der Waals surface area contributed by atoms with Crippen molar-refractivity contribution in [2.75, 3.05) is 11.8 Å². The van der Waals surface area contributed by atoms with Gasteiger partial charge in [-0.05, 0) is 24.9 Å². The molecular formula is C15H22N4O4S. The van der Waals surface area contributed by atoms with Crippen LogP contribution in [0.2, 0.25) is 0 Å². The van der Waals surface area contributed by atoms with Crippen molar-refractivity contribution in [3.8, 4) is 5.88 Å². The first-order chi connectivity index (χ1) is 11.5. The summed E-state index contributed by atoms with van der Waals surface area (Å²) in [5.41, 5.74) is 0.959. The maximum absolute atomic E-state index is 12.3. The third kappa shape index (κ3) is 3.89. The van der Waals surface area contributed by atoms with E-state index in [1.54, 1.807) is 6.07 Å². The lowest BCUT2D eigenvalue weighted by atomic mass is 9.95. The molecule has 0 aromatic carbocycles. The predicted octanol–water partition coefficient (Wildman–Crippen LogP) is 2.64. The van der Waals surface area contributed by atoms with Gasteiger partial charge in [0.05, 0.1) is 13.2 Å². The van der Waals surface area contributed by atoms with Crippen LogP contribution in [0.4, 0.5) is 5.82 Å². The zero-order valence-corrected chi connectivity index (χ0v) is 14.7. The lowest BCUT2D eigenvalue weighted by Crippen LogP contribution is -2.17. The maximum Gasteiger partial charge on any atom is 0.254 e. The van der Waals surface area contributed by atoms with E-state index in [0.29, 0.717) is 11.9 Å². The maximum atomic E-state index is 12.3. The second-order valence-corrected chi connectivity index (χ2v) is 7.83. The molecule has 0 radical (unpaired) electrons. The van der Waals surface area contributed by atoms with E-state index in [1.165, 1.54) is 32.4 Å². The first-order valence-corrected chi connectivity index (χ1v) is 9.68. The summed E-state index contributed by atoms with van der Waals surface area (Å²) in [6.07, 6.45) is 5.83. The summed E-state index contributed by atoms with van der Waals surface area (Å²) in [5, 5.41) is 8.03. The summed E-state index contributed by atoms with van der Waals surface area (Å²) in [5.74, 6) is 0.476. The van der Waals surface area contributed by atoms with Gasteiger partial charge in [0.15, 0.2) is 11.6 Å². The third-order valence-corrected chi connectivity index (χ3v) is 5.37. The number of aryl methyl sites for hydroxylation is 1. The molecule has 0 unspecified atom stereocenters. The lowest BCUT2D eigenvalue weighted by molar-refractivity contribution is 0.325. The van der Waals surface area contributed by atoms with Crippen molar-refractivity contribution in [2.45, 2.75) is 50.8 Å². The van der Waals surface area contributed by atoms with Gasteiger partial charge < -0.3 is 9.26 Å². The Hall–Kier alpha value is -2.03. The minimum atomic E-state index is -3.63. The summed E-state index contributed by atoms with van der Waals surface area (Å²) in [6.45, 7) is 1.95. The molecule has 3 rings (SSSR count). The lowest BCUT2D eigenvalue weighted by Gasteiger charge is -2.23. The van der Waals surface area contributed by atoms with Crippen LogP contribution < -0.4 is 9.46 Å². The second kappa shape index (κ2) is 6.84. The summed E-state index contributed by atoms with van der Waals surface area (Å²) < 4.78 is 38.8. The topological polar surface area (TPSA) is 99.2 Å². The Morgan fingerprint density at radius 3 is 2.75 bits per heavy atom. The number of methoxy groups -OCH3 is 1. The summed E-state index contributed by atoms with van der Waals surface area (Å²) in [4.78, 5) is 0. The molecule has 8 nitrogen and oxygen atoms in total. The fourth-order valence-corrected chi connectivity index (χ4v) is 4.08. The van der Waals surface area contributed by atoms with Crippen molar-refractivity contribution in [2.24, 2.45) is 0 Å². The molecule has 0 spiro atoms. The highest BCUT2D eigenvalue weighted by Crippen LogP contribution is 2.29. The second-order valence-electron chi connectivity index (χ2n) is 6.10. The first-order valence-electron chi connectivity index (χ1n) is 8.03. The largest absolute Gasteiger partial charge is 0.479 e. The molecule has 1 saturated carbocycles. The molecule has 24 heavy (non-hydrogen) atoms. The minimum absolute atomic E-state index is 0.211. The van der Waals surface area contributed by atoms with Crippen molar-refractivity contribution >= 4 is 15.8 Å². The van der Waals surface area contributed by atoms with Crippen molar-refractivity contribution in [1.29, 1.82) is 0 Å². The zero-order chi connectivity index (χ0) is 17.2. The molecule has 0 bridgehead atoms. The Labute approximate surface area is 141 Å². The van der Waals surface area contributed by atoms with Crippen LogP contribution in [0.15, 0.2) is 16.7 Å². The van der Waals surface area contributed by atoms with Gasteiger partial charge in [-0.3, -0.25) is 9.40 Å². The van der Waals surface area contributed by atoms with E-state index in [2.05, 4.69) is 15.0 Å². The molecule has 0 atom stereocenters. The van der Waals surface area contributed by atoms with Crippen LogP contribution in [0.25, 0.3) is 0 Å². The zero-order valence-electron chi connectivity index (χ0n) is 13.9. The summed E-state index contributed by atoms with van der Waals surface area (Å²) in [6, 6.07) is 3.56. The standard InChI is InChI=1S/C15H22N4O4S/c1-11-8-14(16-19(11)12-6-4-3-5-7-12)18-24(20,21)10-13-9-15(22-2)17-23-13/h8-9,12H,3-7,10H2,1-2H3,(H,16,18). The Balaban J connectivity index is 1.70. The molecule has 0 aliphatic heterocycles. The number of nitrogens with zero attached hydrogens (tertiary/aromatic N) is 3. The fraction of sp³-hybridized carbons (Fsp3) is 0.600. The average Bonchev–Trinajstić information content (AvgIpc) is 3.13. The van der Waals surface area contributed by atoms with Crippen LogP contribution in [0.5, 0.6) is 5.88 Å². The molecule has 2 heterocycles. The Morgan fingerprint density at radius 2 is 2.08 bits per heavy atom. The Kier molecular flexibility index (Phi) is 4.79. The smallest absolute Gasteiger partial charge is 0.254 e. The van der Waals surface area contributed by atoms with Crippen molar-refractivity contribution in [3.63, 3.8) is 0 Å². The van der Waals surface area contributed by atoms with Crippen LogP contribution in [0.3, 0.4) is 0 Å². The number of rotatable bonds is 6. The van der Waals surface area contributed by atoms with E-state index in [4.69, 9.17) is 9.26 Å². The number of aromatic nitrogens is 3. The van der Waals surface area contributed by atoms with Crippen molar-refractivity contribution in [1.82, 2.24) is 14.9 Å². The Bertz CT molecular complexity index is 790. The highest BCUT2D eigenvalue weighted by atomic mass is 32.2. The van der Waals surface area contributed by atoms with Gasteiger partial charge in [-0.25, -0.2) is 8.42 Å². The molecule has 1 N–H and O–H groups in total. The van der Waals surface area contributed by atoms with Crippen LogP contribution in [-0.4, -0.2) is 30.5 Å². The van der Waals surface area contributed by atoms with E-state index >= 15 is 0 Å². The highest BCUT2D eigenvalue weighted by molar-refractivity contribution is 7.91. The predicted molar refractivity (Wildman–Crippen MR) is 88.4 cm³/mol. The van der Waals surface area contributed by atoms with Gasteiger partial charge >= 0.3 is 0 Å². The van der Waals surface area contributed by atoms with Crippen LogP contribution in [0.1, 0.15) is 49.6 Å². The normalized spacial score (nSPS) is 16.2. The van der Waals surface area contributed by atoms with E-state index in [9.17, 15) is 8.42 Å². The van der Waals surface area contributed by atoms with Gasteiger partial charge in [0, 0.05) is 17.8 Å². The van der Waals surface area contributed by atoms with Crippen molar-refractivity contribution < 1.29 is 17.7 Å². The number of anilines is 1. The number of ether oxygens (including phenoxy) is 1. The number of nitrogens with one attached hydrogen (secondary N) is 1. The number of hydrogen-bond acceptors (Lipinski definition) is 6. The van der Waals surface area contributed by atoms with Crippen molar-refractivity contribution in [3.05, 3.63) is 23.6 Å². The molecule has 1 aliphatic rings. The SMILES string of the molecule is COc1cc(CS(=O)(=O)Nc2cc(C)n(C3CCCCC3)n2)on1. The van der Waals surface area contributed by atoms with Gasteiger partial charge in [0.25, 0.3) is 5.88 Å². The van der Waals surface area contributed by atoms with E-state index in [1.807, 2.05) is 11.6 Å². The fourth-order valence-electron chi connectivity index (χ4n) is 3.07. The molecule has 2 aromatic heterocycles. The molecule has 1 fully saturated rings. The van der Waals surface area contributed by atoms with Crippen LogP contribution >= 0.6 is 0 Å². The summed E-state index contributed by atoms with van der Waals surface area (Å²) in [7, 11) is -2.19. The average molecular weight is 354 g/mol. The van der Waals surface area contributed by atoms with Gasteiger partial charge in [0.1, 0.15) is 5.75 Å². The van der Waals surface area contributed by atoms with Crippen LogP contribution in [-0.2, 0) is 15.8 Å². The molecule has 0 saturated heterocycles. The van der Waals surface area contributed by atoms with Crippen LogP contribution in [0, 0.1) is 6.92 Å². The number of sulfonamides is 1. The van der Waals surface area contributed by atoms with Gasteiger partial charge in [-0.15, -0.1) is 0 Å².